The Morgan fingerprint density at radius 2 is 1.73 bits per heavy atom. The van der Waals surface area contributed by atoms with E-state index in [0.717, 1.165) is 0 Å². The van der Waals surface area contributed by atoms with Gasteiger partial charge in [0.15, 0.2) is 0 Å². The zero-order valence-electron chi connectivity index (χ0n) is 6.11. The van der Waals surface area contributed by atoms with Crippen molar-refractivity contribution in [3.8, 4) is 0 Å². The lowest BCUT2D eigenvalue weighted by atomic mass is 9.80. The predicted molar refractivity (Wildman–Crippen MR) is 38.9 cm³/mol. The molecule has 1 nitrogen and oxygen atoms in total. The zero-order chi connectivity index (χ0) is 7.78. The quantitative estimate of drug-likeness (QED) is 0.665. The van der Waals surface area contributed by atoms with Gasteiger partial charge in [0, 0.05) is 6.04 Å². The van der Waals surface area contributed by atoms with Crippen molar-refractivity contribution in [2.45, 2.75) is 25.1 Å². The molecule has 0 atom stereocenters. The summed E-state index contributed by atoms with van der Waals surface area (Å²) in [6, 6.07) is 0.0895. The highest BCUT2D eigenvalue weighted by molar-refractivity contribution is 5.85. The minimum atomic E-state index is -3.96. The molecule has 68 valence electrons. The van der Waals surface area contributed by atoms with Crippen molar-refractivity contribution >= 4 is 12.4 Å². The molecule has 1 N–H and O–H groups in total. The maximum atomic E-state index is 11.8. The molecule has 0 saturated heterocycles. The van der Waals surface area contributed by atoms with Crippen LogP contribution >= 0.6 is 12.4 Å². The Morgan fingerprint density at radius 1 is 1.27 bits per heavy atom. The minimum Gasteiger partial charge on any atom is -0.317 e. The summed E-state index contributed by atoms with van der Waals surface area (Å²) in [6.07, 6.45) is -3.46. The molecule has 11 heavy (non-hydrogen) atoms. The molecule has 1 saturated carbocycles. The first-order valence-corrected chi connectivity index (χ1v) is 3.28. The van der Waals surface area contributed by atoms with Crippen molar-refractivity contribution < 1.29 is 13.2 Å². The van der Waals surface area contributed by atoms with Crippen LogP contribution in [-0.2, 0) is 0 Å². The van der Waals surface area contributed by atoms with Gasteiger partial charge in [-0.3, -0.25) is 0 Å². The summed E-state index contributed by atoms with van der Waals surface area (Å²) in [5, 5.41) is 2.80. The molecule has 0 heterocycles. The van der Waals surface area contributed by atoms with Crippen LogP contribution in [0.25, 0.3) is 0 Å². The molecule has 1 aliphatic carbocycles. The summed E-state index contributed by atoms with van der Waals surface area (Å²) >= 11 is 0. The van der Waals surface area contributed by atoms with Gasteiger partial charge in [0.25, 0.3) is 0 Å². The highest BCUT2D eigenvalue weighted by atomic mass is 35.5. The molecule has 1 aliphatic rings. The third kappa shape index (κ3) is 2.52. The van der Waals surface area contributed by atoms with E-state index in [1.807, 2.05) is 0 Å². The summed E-state index contributed by atoms with van der Waals surface area (Å²) in [7, 11) is 1.69. The summed E-state index contributed by atoms with van der Waals surface area (Å²) in [4.78, 5) is 0. The largest absolute Gasteiger partial charge is 0.391 e. The second-order valence-electron chi connectivity index (χ2n) is 2.70. The van der Waals surface area contributed by atoms with Crippen molar-refractivity contribution in [3.63, 3.8) is 0 Å². The third-order valence-corrected chi connectivity index (χ3v) is 2.01. The van der Waals surface area contributed by atoms with E-state index in [4.69, 9.17) is 0 Å². The first-order valence-electron chi connectivity index (χ1n) is 3.28. The Labute approximate surface area is 69.8 Å². The van der Waals surface area contributed by atoms with E-state index in [2.05, 4.69) is 5.32 Å². The average molecular weight is 190 g/mol. The van der Waals surface area contributed by atoms with E-state index in [0.29, 0.717) is 0 Å². The van der Waals surface area contributed by atoms with Gasteiger partial charge >= 0.3 is 6.18 Å². The van der Waals surface area contributed by atoms with Crippen LogP contribution in [0.4, 0.5) is 13.2 Å². The second-order valence-corrected chi connectivity index (χ2v) is 2.70. The third-order valence-electron chi connectivity index (χ3n) is 2.01. The summed E-state index contributed by atoms with van der Waals surface area (Å²) in [6.45, 7) is 0. The number of hydrogen-bond donors (Lipinski definition) is 1. The molecule has 0 bridgehead atoms. The van der Waals surface area contributed by atoms with Crippen LogP contribution in [0.3, 0.4) is 0 Å². The van der Waals surface area contributed by atoms with Crippen LogP contribution in [0, 0.1) is 5.92 Å². The van der Waals surface area contributed by atoms with Gasteiger partial charge < -0.3 is 5.32 Å². The lowest BCUT2D eigenvalue weighted by molar-refractivity contribution is -0.198. The fourth-order valence-corrected chi connectivity index (χ4v) is 1.12. The highest BCUT2D eigenvalue weighted by Gasteiger charge is 2.47. The lowest BCUT2D eigenvalue weighted by Crippen LogP contribution is -2.45. The van der Waals surface area contributed by atoms with Crippen LogP contribution in [0.15, 0.2) is 0 Å². The number of hydrogen-bond acceptors (Lipinski definition) is 1. The molecule has 0 aromatic rings. The molecule has 0 radical (unpaired) electrons. The van der Waals surface area contributed by atoms with E-state index in [9.17, 15) is 13.2 Å². The molecule has 0 aromatic carbocycles. The van der Waals surface area contributed by atoms with Crippen molar-refractivity contribution in [1.29, 1.82) is 0 Å². The topological polar surface area (TPSA) is 12.0 Å². The Kier molecular flexibility index (Phi) is 3.64. The Bertz CT molecular complexity index is 119. The van der Waals surface area contributed by atoms with Gasteiger partial charge in [-0.1, -0.05) is 0 Å². The molecule has 0 spiro atoms. The molecule has 1 fully saturated rings. The first-order chi connectivity index (χ1) is 4.54. The van der Waals surface area contributed by atoms with Gasteiger partial charge in [-0.15, -0.1) is 12.4 Å². The van der Waals surface area contributed by atoms with Crippen molar-refractivity contribution in [2.24, 2.45) is 5.92 Å². The average Bonchev–Trinajstić information content (AvgIpc) is 1.57. The standard InChI is InChI=1S/C6H10F3N.ClH/c1-10-5-2-4(3-5)6(7,8)9;/h4-5,10H,2-3H2,1H3;1H/t4-,5-;. The van der Waals surface area contributed by atoms with Gasteiger partial charge in [-0.25, -0.2) is 0 Å². The van der Waals surface area contributed by atoms with E-state index >= 15 is 0 Å². The van der Waals surface area contributed by atoms with Gasteiger partial charge in [-0.2, -0.15) is 13.2 Å². The lowest BCUT2D eigenvalue weighted by Gasteiger charge is -2.36. The highest BCUT2D eigenvalue weighted by Crippen LogP contribution is 2.40. The van der Waals surface area contributed by atoms with Crippen LogP contribution in [0.2, 0.25) is 0 Å². The van der Waals surface area contributed by atoms with Gasteiger partial charge in [-0.05, 0) is 19.9 Å². The summed E-state index contributed by atoms with van der Waals surface area (Å²) in [5.74, 6) is -1.05. The predicted octanol–water partition coefficient (Wildman–Crippen LogP) is 1.97. The van der Waals surface area contributed by atoms with Gasteiger partial charge in [0.1, 0.15) is 0 Å². The van der Waals surface area contributed by atoms with Crippen LogP contribution in [0.5, 0.6) is 0 Å². The zero-order valence-corrected chi connectivity index (χ0v) is 6.93. The van der Waals surface area contributed by atoms with Gasteiger partial charge in [0.05, 0.1) is 5.92 Å². The Balaban J connectivity index is 0.000001000. The molecule has 5 heteroatoms. The Morgan fingerprint density at radius 3 is 2.00 bits per heavy atom. The van der Waals surface area contributed by atoms with Gasteiger partial charge in [0.2, 0.25) is 0 Å². The van der Waals surface area contributed by atoms with Crippen molar-refractivity contribution in [1.82, 2.24) is 5.32 Å². The van der Waals surface area contributed by atoms with E-state index in [1.165, 1.54) is 0 Å². The fraction of sp³-hybridized carbons (Fsp3) is 1.00. The van der Waals surface area contributed by atoms with Crippen molar-refractivity contribution in [3.05, 3.63) is 0 Å². The number of rotatable bonds is 1. The van der Waals surface area contributed by atoms with Crippen molar-refractivity contribution in [2.75, 3.05) is 7.05 Å². The van der Waals surface area contributed by atoms with Crippen LogP contribution in [0.1, 0.15) is 12.8 Å². The molecular weight excluding hydrogens is 179 g/mol. The first kappa shape index (κ1) is 11.0. The summed E-state index contributed by atoms with van der Waals surface area (Å²) in [5.41, 5.74) is 0. The maximum Gasteiger partial charge on any atom is 0.391 e. The second kappa shape index (κ2) is 3.63. The SMILES string of the molecule is CN[C@H]1C[C@H](C(F)(F)F)C1.Cl. The van der Waals surface area contributed by atoms with Crippen LogP contribution < -0.4 is 5.32 Å². The molecule has 0 aromatic heterocycles. The fourth-order valence-electron chi connectivity index (χ4n) is 1.12. The Hall–Kier alpha value is 0.0400. The van der Waals surface area contributed by atoms with E-state index < -0.39 is 12.1 Å². The van der Waals surface area contributed by atoms with E-state index in [1.54, 1.807) is 7.05 Å². The normalized spacial score (nSPS) is 30.5. The van der Waals surface area contributed by atoms with E-state index in [-0.39, 0.29) is 31.3 Å². The van der Waals surface area contributed by atoms with Crippen LogP contribution in [-0.4, -0.2) is 19.3 Å². The maximum absolute atomic E-state index is 11.8. The summed E-state index contributed by atoms with van der Waals surface area (Å²) < 4.78 is 35.3. The molecule has 1 rings (SSSR count). The number of nitrogens with one attached hydrogen (secondary N) is 1. The minimum absolute atomic E-state index is 0. The smallest absolute Gasteiger partial charge is 0.317 e. The molecule has 0 amide bonds. The molecule has 0 unspecified atom stereocenters. The molecular formula is C6H11ClF3N. The number of alkyl halides is 3. The number of halogens is 4. The monoisotopic (exact) mass is 189 g/mol. The molecule has 0 aliphatic heterocycles.